The third kappa shape index (κ3) is 1.56. The van der Waals surface area contributed by atoms with E-state index in [2.05, 4.69) is 0 Å². The molecule has 0 heterocycles. The van der Waals surface area contributed by atoms with E-state index in [1.165, 1.54) is 12.1 Å². The summed E-state index contributed by atoms with van der Waals surface area (Å²) in [6, 6.07) is 4.42. The molecule has 0 aliphatic heterocycles. The van der Waals surface area contributed by atoms with Crippen LogP contribution in [0.25, 0.3) is 0 Å². The molecule has 0 amide bonds. The van der Waals surface area contributed by atoms with Crippen molar-refractivity contribution in [3.63, 3.8) is 0 Å². The standard InChI is InChI=1S/C8H9FNO/c9-8-3-1-2-6(5-11)7(8)4-10/h1-3H,4-5,10H2. The monoisotopic (exact) mass is 154 g/mol. The fourth-order valence-corrected chi connectivity index (χ4v) is 0.967. The van der Waals surface area contributed by atoms with Crippen molar-refractivity contribution < 1.29 is 9.50 Å². The Morgan fingerprint density at radius 1 is 1.45 bits per heavy atom. The van der Waals surface area contributed by atoms with Gasteiger partial charge < -0.3 is 5.73 Å². The Hall–Kier alpha value is -0.930. The molecule has 2 N–H and O–H groups in total. The minimum Gasteiger partial charge on any atom is -0.326 e. The Labute approximate surface area is 64.5 Å². The van der Waals surface area contributed by atoms with E-state index in [9.17, 15) is 9.50 Å². The molecule has 11 heavy (non-hydrogen) atoms. The van der Waals surface area contributed by atoms with Gasteiger partial charge in [-0.3, -0.25) is 0 Å². The summed E-state index contributed by atoms with van der Waals surface area (Å²) in [5, 5.41) is 10.4. The zero-order chi connectivity index (χ0) is 8.27. The van der Waals surface area contributed by atoms with E-state index in [4.69, 9.17) is 5.73 Å². The minimum absolute atomic E-state index is 0.0875. The maximum atomic E-state index is 12.8. The Balaban J connectivity index is 3.13. The largest absolute Gasteiger partial charge is 0.326 e. The van der Waals surface area contributed by atoms with Crippen LogP contribution in [0.3, 0.4) is 0 Å². The van der Waals surface area contributed by atoms with Gasteiger partial charge in [-0.05, 0) is 11.6 Å². The normalized spacial score (nSPS) is 10.1. The van der Waals surface area contributed by atoms with Crippen LogP contribution in [-0.4, -0.2) is 0 Å². The molecule has 0 spiro atoms. The number of nitrogens with two attached hydrogens (primary N) is 1. The van der Waals surface area contributed by atoms with E-state index < -0.39 is 6.61 Å². The highest BCUT2D eigenvalue weighted by Crippen LogP contribution is 2.12. The molecule has 0 bridgehead atoms. The summed E-state index contributed by atoms with van der Waals surface area (Å²) >= 11 is 0. The van der Waals surface area contributed by atoms with Crippen molar-refractivity contribution in [1.82, 2.24) is 0 Å². The minimum atomic E-state index is -0.412. The highest BCUT2D eigenvalue weighted by Gasteiger charge is 2.04. The van der Waals surface area contributed by atoms with Crippen LogP contribution in [0.5, 0.6) is 0 Å². The van der Waals surface area contributed by atoms with Crippen molar-refractivity contribution >= 4 is 0 Å². The lowest BCUT2D eigenvalue weighted by Crippen LogP contribution is -2.04. The van der Waals surface area contributed by atoms with Crippen LogP contribution in [0.15, 0.2) is 18.2 Å². The van der Waals surface area contributed by atoms with Crippen molar-refractivity contribution in [3.8, 4) is 0 Å². The van der Waals surface area contributed by atoms with E-state index in [1.807, 2.05) is 0 Å². The molecule has 0 saturated heterocycles. The van der Waals surface area contributed by atoms with Crippen LogP contribution in [0, 0.1) is 5.82 Å². The maximum Gasteiger partial charge on any atom is 0.128 e. The van der Waals surface area contributed by atoms with Gasteiger partial charge in [0, 0.05) is 12.1 Å². The predicted molar refractivity (Wildman–Crippen MR) is 38.7 cm³/mol. The summed E-state index contributed by atoms with van der Waals surface area (Å²) in [5.74, 6) is -0.388. The van der Waals surface area contributed by atoms with Crippen molar-refractivity contribution in [2.75, 3.05) is 0 Å². The summed E-state index contributed by atoms with van der Waals surface area (Å²) in [4.78, 5) is 0. The molecule has 1 aromatic carbocycles. The molecule has 1 radical (unpaired) electrons. The highest BCUT2D eigenvalue weighted by molar-refractivity contribution is 5.27. The molecule has 0 aliphatic carbocycles. The molecule has 3 heteroatoms. The van der Waals surface area contributed by atoms with E-state index in [-0.39, 0.29) is 12.4 Å². The van der Waals surface area contributed by atoms with Gasteiger partial charge in [0.15, 0.2) is 0 Å². The zero-order valence-corrected chi connectivity index (χ0v) is 6.01. The summed E-state index contributed by atoms with van der Waals surface area (Å²) in [7, 11) is 0. The number of rotatable bonds is 2. The third-order valence-corrected chi connectivity index (χ3v) is 1.58. The molecular formula is C8H9FNO. The number of hydrogen-bond acceptors (Lipinski definition) is 1. The van der Waals surface area contributed by atoms with Crippen LogP contribution in [0.4, 0.5) is 4.39 Å². The fraction of sp³-hybridized carbons (Fsp3) is 0.250. The number of halogens is 1. The van der Waals surface area contributed by atoms with Gasteiger partial charge in [-0.2, -0.15) is 0 Å². The van der Waals surface area contributed by atoms with Gasteiger partial charge in [0.25, 0.3) is 0 Å². The van der Waals surface area contributed by atoms with Gasteiger partial charge >= 0.3 is 0 Å². The Morgan fingerprint density at radius 2 is 2.18 bits per heavy atom. The number of hydrogen-bond donors (Lipinski definition) is 1. The molecule has 0 saturated carbocycles. The maximum absolute atomic E-state index is 12.8. The first-order valence-corrected chi connectivity index (χ1v) is 3.34. The Bertz CT molecular complexity index is 250. The van der Waals surface area contributed by atoms with Gasteiger partial charge in [0.05, 0.1) is 0 Å². The first-order valence-electron chi connectivity index (χ1n) is 3.34. The molecule has 1 aromatic rings. The summed E-state index contributed by atoms with van der Waals surface area (Å²) < 4.78 is 12.8. The van der Waals surface area contributed by atoms with Crippen LogP contribution in [0.1, 0.15) is 11.1 Å². The number of benzene rings is 1. The zero-order valence-electron chi connectivity index (χ0n) is 6.01. The second kappa shape index (κ2) is 3.46. The van der Waals surface area contributed by atoms with Gasteiger partial charge in [0.2, 0.25) is 0 Å². The van der Waals surface area contributed by atoms with Gasteiger partial charge in [-0.25, -0.2) is 9.50 Å². The Morgan fingerprint density at radius 3 is 2.64 bits per heavy atom. The molecular weight excluding hydrogens is 145 g/mol. The predicted octanol–water partition coefficient (Wildman–Crippen LogP) is 1.21. The van der Waals surface area contributed by atoms with Crippen molar-refractivity contribution in [3.05, 3.63) is 35.1 Å². The molecule has 0 aliphatic rings. The molecule has 0 atom stereocenters. The van der Waals surface area contributed by atoms with E-state index >= 15 is 0 Å². The summed E-state index contributed by atoms with van der Waals surface area (Å²) in [6.45, 7) is -0.325. The van der Waals surface area contributed by atoms with E-state index in [0.29, 0.717) is 11.1 Å². The lowest BCUT2D eigenvalue weighted by molar-refractivity contribution is 0.176. The molecule has 0 unspecified atom stereocenters. The molecule has 0 aromatic heterocycles. The van der Waals surface area contributed by atoms with E-state index in [1.54, 1.807) is 6.07 Å². The SMILES string of the molecule is NCc1c(F)cccc1C[O]. The van der Waals surface area contributed by atoms with Crippen LogP contribution in [-0.2, 0) is 18.3 Å². The lowest BCUT2D eigenvalue weighted by atomic mass is 10.1. The molecule has 59 valence electrons. The molecule has 0 fully saturated rings. The van der Waals surface area contributed by atoms with Crippen LogP contribution < -0.4 is 5.73 Å². The fourth-order valence-electron chi connectivity index (χ4n) is 0.967. The summed E-state index contributed by atoms with van der Waals surface area (Å²) in [5.41, 5.74) is 6.04. The third-order valence-electron chi connectivity index (χ3n) is 1.58. The van der Waals surface area contributed by atoms with Crippen molar-refractivity contribution in [2.24, 2.45) is 5.73 Å². The second-order valence-corrected chi connectivity index (χ2v) is 2.23. The summed E-state index contributed by atoms with van der Waals surface area (Å²) in [6.07, 6.45) is 0. The van der Waals surface area contributed by atoms with Crippen LogP contribution >= 0.6 is 0 Å². The first kappa shape index (κ1) is 8.17. The topological polar surface area (TPSA) is 45.9 Å². The van der Waals surface area contributed by atoms with Gasteiger partial charge in [-0.1, -0.05) is 12.1 Å². The molecule has 2 nitrogen and oxygen atoms in total. The first-order chi connectivity index (χ1) is 5.29. The average molecular weight is 154 g/mol. The average Bonchev–Trinajstić information content (AvgIpc) is 2.04. The van der Waals surface area contributed by atoms with Gasteiger partial charge in [-0.15, -0.1) is 0 Å². The highest BCUT2D eigenvalue weighted by atomic mass is 19.1. The van der Waals surface area contributed by atoms with Crippen LogP contribution in [0.2, 0.25) is 0 Å². The Kier molecular flexibility index (Phi) is 2.57. The smallest absolute Gasteiger partial charge is 0.128 e. The quantitative estimate of drug-likeness (QED) is 0.683. The van der Waals surface area contributed by atoms with E-state index in [0.717, 1.165) is 0 Å². The lowest BCUT2D eigenvalue weighted by Gasteiger charge is -2.03. The van der Waals surface area contributed by atoms with Crippen molar-refractivity contribution in [2.45, 2.75) is 13.2 Å². The molecule has 1 rings (SSSR count). The van der Waals surface area contributed by atoms with Gasteiger partial charge in [0.1, 0.15) is 12.4 Å². The second-order valence-electron chi connectivity index (χ2n) is 2.23. The van der Waals surface area contributed by atoms with Crippen molar-refractivity contribution in [1.29, 1.82) is 0 Å².